The quantitative estimate of drug-likeness (QED) is 0.514. The van der Waals surface area contributed by atoms with Crippen LogP contribution >= 0.6 is 0 Å². The van der Waals surface area contributed by atoms with E-state index in [2.05, 4.69) is 10.5 Å². The Morgan fingerprint density at radius 2 is 1.79 bits per heavy atom. The van der Waals surface area contributed by atoms with Crippen LogP contribution < -0.4 is 0 Å². The highest BCUT2D eigenvalue weighted by molar-refractivity contribution is 5.98. The van der Waals surface area contributed by atoms with Gasteiger partial charge in [0.05, 0.1) is 13.2 Å². The van der Waals surface area contributed by atoms with Gasteiger partial charge in [0.15, 0.2) is 0 Å². The van der Waals surface area contributed by atoms with Crippen molar-refractivity contribution in [3.63, 3.8) is 0 Å². The summed E-state index contributed by atoms with van der Waals surface area (Å²) in [6.07, 6.45) is 2.18. The molecule has 3 radical (unpaired) electrons. The minimum absolute atomic E-state index is 0.143. The number of aliphatic hydroxyl groups excluding tert-OH is 2. The van der Waals surface area contributed by atoms with Gasteiger partial charge in [0.25, 0.3) is 0 Å². The van der Waals surface area contributed by atoms with E-state index < -0.39 is 0 Å². The molecule has 1 atom stereocenters. The fourth-order valence-corrected chi connectivity index (χ4v) is 1.40. The largest absolute Gasteiger partial charge is 0.416 e. The van der Waals surface area contributed by atoms with Gasteiger partial charge in [-0.05, 0) is 26.3 Å². The fraction of sp³-hybridized carbons (Fsp3) is 1.00. The lowest BCUT2D eigenvalue weighted by Gasteiger charge is -2.20. The molecule has 0 aliphatic rings. The SMILES string of the molecule is CC(CCCN(CCO)CCO)O[Si]. The van der Waals surface area contributed by atoms with Crippen LogP contribution in [0, 0.1) is 0 Å². The monoisotopic (exact) mass is 218 g/mol. The van der Waals surface area contributed by atoms with Crippen molar-refractivity contribution < 1.29 is 14.6 Å². The molecule has 0 saturated carbocycles. The summed E-state index contributed by atoms with van der Waals surface area (Å²) in [5, 5.41) is 17.5. The van der Waals surface area contributed by atoms with Gasteiger partial charge in [-0.2, -0.15) is 0 Å². The first-order valence-electron chi connectivity index (χ1n) is 5.01. The summed E-state index contributed by atoms with van der Waals surface area (Å²) in [6.45, 7) is 4.43. The van der Waals surface area contributed by atoms with E-state index in [1.165, 1.54) is 0 Å². The molecular weight excluding hydrogens is 198 g/mol. The Bertz CT molecular complexity index is 121. The van der Waals surface area contributed by atoms with Crippen LogP contribution in [-0.4, -0.2) is 64.6 Å². The zero-order valence-corrected chi connectivity index (χ0v) is 9.78. The summed E-state index contributed by atoms with van der Waals surface area (Å²) >= 11 is 0. The molecular formula is C9H20NO3Si. The fourth-order valence-electron chi connectivity index (χ4n) is 1.28. The lowest BCUT2D eigenvalue weighted by molar-refractivity contribution is 0.151. The predicted molar refractivity (Wildman–Crippen MR) is 56.1 cm³/mol. The molecule has 83 valence electrons. The number of nitrogens with zero attached hydrogens (tertiary/aromatic N) is 1. The van der Waals surface area contributed by atoms with E-state index in [0.29, 0.717) is 13.1 Å². The zero-order valence-electron chi connectivity index (χ0n) is 8.78. The molecule has 0 aromatic carbocycles. The molecule has 0 spiro atoms. The normalized spacial score (nSPS) is 13.5. The Labute approximate surface area is 89.4 Å². The summed E-state index contributed by atoms with van der Waals surface area (Å²) in [5.74, 6) is 0. The Morgan fingerprint density at radius 1 is 1.21 bits per heavy atom. The van der Waals surface area contributed by atoms with Crippen molar-refractivity contribution in [1.82, 2.24) is 4.90 Å². The van der Waals surface area contributed by atoms with Gasteiger partial charge in [-0.1, -0.05) is 0 Å². The van der Waals surface area contributed by atoms with Gasteiger partial charge in [0.2, 0.25) is 10.5 Å². The van der Waals surface area contributed by atoms with E-state index in [-0.39, 0.29) is 19.3 Å². The smallest absolute Gasteiger partial charge is 0.246 e. The van der Waals surface area contributed by atoms with Gasteiger partial charge in [-0.3, -0.25) is 4.90 Å². The van der Waals surface area contributed by atoms with Gasteiger partial charge in [0, 0.05) is 19.2 Å². The van der Waals surface area contributed by atoms with E-state index >= 15 is 0 Å². The molecule has 14 heavy (non-hydrogen) atoms. The molecule has 0 heterocycles. The highest BCUT2D eigenvalue weighted by Crippen LogP contribution is 2.01. The van der Waals surface area contributed by atoms with Gasteiger partial charge < -0.3 is 14.6 Å². The molecule has 4 nitrogen and oxygen atoms in total. The maximum atomic E-state index is 8.76. The lowest BCUT2D eigenvalue weighted by Crippen LogP contribution is -2.31. The van der Waals surface area contributed by atoms with E-state index in [1.54, 1.807) is 0 Å². The van der Waals surface area contributed by atoms with Gasteiger partial charge in [-0.15, -0.1) is 0 Å². The molecule has 5 heteroatoms. The number of aliphatic hydroxyl groups is 2. The van der Waals surface area contributed by atoms with Crippen LogP contribution in [0.4, 0.5) is 0 Å². The molecule has 0 saturated heterocycles. The van der Waals surface area contributed by atoms with Gasteiger partial charge >= 0.3 is 0 Å². The van der Waals surface area contributed by atoms with Crippen molar-refractivity contribution >= 4 is 10.5 Å². The van der Waals surface area contributed by atoms with Crippen LogP contribution in [0.2, 0.25) is 0 Å². The molecule has 0 fully saturated rings. The minimum atomic E-state index is 0.143. The number of hydrogen-bond acceptors (Lipinski definition) is 4. The molecule has 0 aromatic heterocycles. The van der Waals surface area contributed by atoms with Crippen LogP contribution in [0.5, 0.6) is 0 Å². The Hall–Kier alpha value is 0.0569. The summed E-state index contributed by atoms with van der Waals surface area (Å²) in [5.41, 5.74) is 0. The Balaban J connectivity index is 3.49. The summed E-state index contributed by atoms with van der Waals surface area (Å²) in [4.78, 5) is 2.04. The maximum Gasteiger partial charge on any atom is 0.246 e. The third kappa shape index (κ3) is 7.46. The third-order valence-electron chi connectivity index (χ3n) is 2.12. The van der Waals surface area contributed by atoms with E-state index in [4.69, 9.17) is 14.6 Å². The van der Waals surface area contributed by atoms with Crippen molar-refractivity contribution in [2.24, 2.45) is 0 Å². The second kappa shape index (κ2) is 9.61. The van der Waals surface area contributed by atoms with Crippen LogP contribution in [0.3, 0.4) is 0 Å². The van der Waals surface area contributed by atoms with Crippen LogP contribution in [0.1, 0.15) is 19.8 Å². The third-order valence-corrected chi connectivity index (χ3v) is 2.52. The topological polar surface area (TPSA) is 52.9 Å². The Morgan fingerprint density at radius 3 is 2.21 bits per heavy atom. The molecule has 0 rings (SSSR count). The molecule has 0 aliphatic heterocycles. The average molecular weight is 218 g/mol. The lowest BCUT2D eigenvalue weighted by atomic mass is 10.2. The first-order chi connectivity index (χ1) is 6.74. The van der Waals surface area contributed by atoms with Crippen molar-refractivity contribution in [3.8, 4) is 0 Å². The highest BCUT2D eigenvalue weighted by atomic mass is 28.2. The zero-order chi connectivity index (χ0) is 10.8. The molecule has 0 aliphatic carbocycles. The van der Waals surface area contributed by atoms with Crippen molar-refractivity contribution in [1.29, 1.82) is 0 Å². The van der Waals surface area contributed by atoms with E-state index in [1.807, 2.05) is 11.8 Å². The summed E-state index contributed by atoms with van der Waals surface area (Å²) < 4.78 is 4.94. The summed E-state index contributed by atoms with van der Waals surface area (Å²) in [7, 11) is 3.00. The second-order valence-electron chi connectivity index (χ2n) is 3.36. The second-order valence-corrected chi connectivity index (χ2v) is 3.60. The van der Waals surface area contributed by atoms with Crippen LogP contribution in [-0.2, 0) is 4.43 Å². The molecule has 2 N–H and O–H groups in total. The van der Waals surface area contributed by atoms with Crippen molar-refractivity contribution in [2.75, 3.05) is 32.8 Å². The van der Waals surface area contributed by atoms with Gasteiger partial charge in [-0.25, -0.2) is 0 Å². The predicted octanol–water partition coefficient (Wildman–Crippen LogP) is -0.458. The molecule has 1 unspecified atom stereocenters. The van der Waals surface area contributed by atoms with E-state index in [9.17, 15) is 0 Å². The maximum absolute atomic E-state index is 8.76. The van der Waals surface area contributed by atoms with Crippen LogP contribution in [0.25, 0.3) is 0 Å². The summed E-state index contributed by atoms with van der Waals surface area (Å²) in [6, 6.07) is 0. The molecule has 0 amide bonds. The first-order valence-corrected chi connectivity index (χ1v) is 5.41. The van der Waals surface area contributed by atoms with Gasteiger partial charge in [0.1, 0.15) is 0 Å². The van der Waals surface area contributed by atoms with Crippen molar-refractivity contribution in [2.45, 2.75) is 25.9 Å². The standard InChI is InChI=1S/C9H20NO3Si/c1-9(13-14)3-2-4-10(5-7-11)6-8-12/h9,11-12H,2-8H2,1H3. The Kier molecular flexibility index (Phi) is 9.64. The average Bonchev–Trinajstić information content (AvgIpc) is 2.18. The van der Waals surface area contributed by atoms with Crippen molar-refractivity contribution in [3.05, 3.63) is 0 Å². The highest BCUT2D eigenvalue weighted by Gasteiger charge is 2.04. The molecule has 0 bridgehead atoms. The number of rotatable bonds is 9. The van der Waals surface area contributed by atoms with Crippen LogP contribution in [0.15, 0.2) is 0 Å². The first kappa shape index (κ1) is 14.1. The molecule has 0 aromatic rings. The number of hydrogen-bond donors (Lipinski definition) is 2. The minimum Gasteiger partial charge on any atom is -0.416 e. The van der Waals surface area contributed by atoms with E-state index in [0.717, 1.165) is 19.4 Å².